The monoisotopic (exact) mass is 535 g/mol. The fourth-order valence-electron chi connectivity index (χ4n) is 4.09. The number of carbonyl (C=O) groups is 4. The number of hydrogen-bond acceptors (Lipinski definition) is 8. The average molecular weight is 536 g/mol. The van der Waals surface area contributed by atoms with Crippen LogP contribution in [0.15, 0.2) is 29.3 Å². The van der Waals surface area contributed by atoms with E-state index >= 15 is 0 Å². The minimum atomic E-state index is -1.27. The second kappa shape index (κ2) is 14.1. The molecule has 0 radical (unpaired) electrons. The maximum absolute atomic E-state index is 13.5. The Morgan fingerprint density at radius 1 is 1.13 bits per heavy atom. The standard InChI is InChI=1S/C24H37N7O7/c1-13(32)19(25)21(35)29-16(4-2-10-28-24(26)27)22(36)31-11-3-5-18(31)20(34)30-17(23(37)38)12-14-6-8-15(33)9-7-14/h6-9,13,16-19,32-33H,2-5,10-12,25H2,1H3,(H,29,35)(H,30,34)(H,37,38)(H4,26,27,28). The van der Waals surface area contributed by atoms with Gasteiger partial charge in [0, 0.05) is 19.5 Å². The maximum Gasteiger partial charge on any atom is 0.326 e. The van der Waals surface area contributed by atoms with E-state index in [9.17, 15) is 34.5 Å². The molecule has 14 nitrogen and oxygen atoms in total. The van der Waals surface area contributed by atoms with Crippen molar-refractivity contribution >= 4 is 29.7 Å². The number of carboxylic acid groups (broad SMARTS) is 1. The average Bonchev–Trinajstić information content (AvgIpc) is 3.35. The summed E-state index contributed by atoms with van der Waals surface area (Å²) in [5, 5.41) is 33.8. The van der Waals surface area contributed by atoms with Crippen molar-refractivity contribution in [1.82, 2.24) is 15.5 Å². The van der Waals surface area contributed by atoms with E-state index in [1.807, 2.05) is 0 Å². The zero-order chi connectivity index (χ0) is 28.4. The molecule has 0 bridgehead atoms. The Balaban J connectivity index is 2.14. The Morgan fingerprint density at radius 3 is 2.37 bits per heavy atom. The summed E-state index contributed by atoms with van der Waals surface area (Å²) in [5.74, 6) is -3.25. The number of nitrogens with zero attached hydrogens (tertiary/aromatic N) is 2. The van der Waals surface area contributed by atoms with E-state index < -0.39 is 54.0 Å². The fraction of sp³-hybridized carbons (Fsp3) is 0.542. The van der Waals surface area contributed by atoms with Crippen molar-refractivity contribution in [1.29, 1.82) is 0 Å². The predicted molar refractivity (Wildman–Crippen MR) is 138 cm³/mol. The van der Waals surface area contributed by atoms with E-state index in [0.29, 0.717) is 24.8 Å². The van der Waals surface area contributed by atoms with Crippen molar-refractivity contribution in [2.24, 2.45) is 22.2 Å². The third-order valence-electron chi connectivity index (χ3n) is 6.21. The summed E-state index contributed by atoms with van der Waals surface area (Å²) in [7, 11) is 0. The number of hydrogen-bond donors (Lipinski definition) is 8. The summed E-state index contributed by atoms with van der Waals surface area (Å²) in [4.78, 5) is 56.1. The number of carbonyl (C=O) groups excluding carboxylic acids is 3. The molecule has 38 heavy (non-hydrogen) atoms. The minimum absolute atomic E-state index is 0.0251. The Bertz CT molecular complexity index is 1010. The van der Waals surface area contributed by atoms with Crippen molar-refractivity contribution in [2.45, 2.75) is 69.3 Å². The summed E-state index contributed by atoms with van der Waals surface area (Å²) in [6, 6.07) is 1.40. The minimum Gasteiger partial charge on any atom is -0.508 e. The van der Waals surface area contributed by atoms with E-state index in [0.717, 1.165) is 0 Å². The number of carboxylic acids is 1. The number of rotatable bonds is 13. The molecule has 1 fully saturated rings. The first kappa shape index (κ1) is 30.3. The molecular formula is C24H37N7O7. The van der Waals surface area contributed by atoms with Crippen LogP contribution in [0.2, 0.25) is 0 Å². The molecule has 1 aromatic carbocycles. The number of aliphatic carboxylic acids is 1. The normalized spacial score (nSPS) is 18.1. The molecule has 210 valence electrons. The van der Waals surface area contributed by atoms with Gasteiger partial charge in [0.15, 0.2) is 5.96 Å². The highest BCUT2D eigenvalue weighted by molar-refractivity contribution is 5.94. The third kappa shape index (κ3) is 8.88. The number of phenolic OH excluding ortho intramolecular Hbond substituents is 1. The number of amides is 3. The van der Waals surface area contributed by atoms with Crippen LogP contribution in [0.3, 0.4) is 0 Å². The second-order valence-electron chi connectivity index (χ2n) is 9.24. The van der Waals surface area contributed by atoms with Gasteiger partial charge in [-0.15, -0.1) is 0 Å². The first-order valence-electron chi connectivity index (χ1n) is 12.3. The lowest BCUT2D eigenvalue weighted by Crippen LogP contribution is -2.58. The second-order valence-corrected chi connectivity index (χ2v) is 9.24. The molecule has 0 saturated carbocycles. The van der Waals surface area contributed by atoms with Gasteiger partial charge >= 0.3 is 5.97 Å². The molecule has 1 saturated heterocycles. The van der Waals surface area contributed by atoms with Gasteiger partial charge in [-0.2, -0.15) is 0 Å². The summed E-state index contributed by atoms with van der Waals surface area (Å²) < 4.78 is 0. The molecule has 0 aromatic heterocycles. The molecule has 11 N–H and O–H groups in total. The number of aliphatic hydroxyl groups is 1. The number of aromatic hydroxyl groups is 1. The Hall–Kier alpha value is -3.91. The quantitative estimate of drug-likeness (QED) is 0.0765. The van der Waals surface area contributed by atoms with Crippen molar-refractivity contribution in [3.05, 3.63) is 29.8 Å². The molecule has 1 aromatic rings. The molecule has 5 atom stereocenters. The Labute approximate surface area is 220 Å². The zero-order valence-electron chi connectivity index (χ0n) is 21.2. The largest absolute Gasteiger partial charge is 0.508 e. The van der Waals surface area contributed by atoms with Crippen molar-refractivity contribution < 1.29 is 34.5 Å². The van der Waals surface area contributed by atoms with Gasteiger partial charge < -0.3 is 48.1 Å². The molecule has 14 heteroatoms. The zero-order valence-corrected chi connectivity index (χ0v) is 21.2. The predicted octanol–water partition coefficient (Wildman–Crippen LogP) is -2.26. The molecule has 3 amide bonds. The van der Waals surface area contributed by atoms with E-state index in [1.54, 1.807) is 12.1 Å². The molecule has 2 rings (SSSR count). The molecular weight excluding hydrogens is 498 g/mol. The Kier molecular flexibility index (Phi) is 11.3. The first-order chi connectivity index (χ1) is 17.9. The lowest BCUT2D eigenvalue weighted by Gasteiger charge is -2.30. The lowest BCUT2D eigenvalue weighted by molar-refractivity contribution is -0.145. The lowest BCUT2D eigenvalue weighted by atomic mass is 10.0. The fourth-order valence-corrected chi connectivity index (χ4v) is 4.09. The summed E-state index contributed by atoms with van der Waals surface area (Å²) in [6.45, 7) is 1.78. The highest BCUT2D eigenvalue weighted by atomic mass is 16.4. The topological polar surface area (TPSA) is 247 Å². The summed E-state index contributed by atoms with van der Waals surface area (Å²) in [5.41, 5.74) is 17.0. The van der Waals surface area contributed by atoms with Gasteiger partial charge in [0.2, 0.25) is 17.7 Å². The van der Waals surface area contributed by atoms with Gasteiger partial charge in [0.25, 0.3) is 0 Å². The summed E-state index contributed by atoms with van der Waals surface area (Å²) >= 11 is 0. The molecule has 0 aliphatic carbocycles. The van der Waals surface area contributed by atoms with Crippen LogP contribution in [-0.4, -0.2) is 93.2 Å². The van der Waals surface area contributed by atoms with E-state index in [1.165, 1.54) is 24.0 Å². The van der Waals surface area contributed by atoms with Gasteiger partial charge in [-0.25, -0.2) is 4.79 Å². The number of phenols is 1. The molecule has 1 heterocycles. The molecule has 1 aliphatic rings. The molecule has 5 unspecified atom stereocenters. The number of aliphatic imine (C=N–C) groups is 1. The van der Waals surface area contributed by atoms with Crippen molar-refractivity contribution in [3.63, 3.8) is 0 Å². The number of nitrogens with one attached hydrogen (secondary N) is 2. The van der Waals surface area contributed by atoms with Crippen LogP contribution in [0.5, 0.6) is 5.75 Å². The van der Waals surface area contributed by atoms with Crippen LogP contribution in [0.25, 0.3) is 0 Å². The number of benzene rings is 1. The summed E-state index contributed by atoms with van der Waals surface area (Å²) in [6.07, 6.45) is 0.0998. The SMILES string of the molecule is CC(O)C(N)C(=O)NC(CCCN=C(N)N)C(=O)N1CCCC1C(=O)NC(Cc1ccc(O)cc1)C(=O)O. The van der Waals surface area contributed by atoms with Gasteiger partial charge in [-0.3, -0.25) is 19.4 Å². The highest BCUT2D eigenvalue weighted by Gasteiger charge is 2.39. The molecule has 1 aliphatic heterocycles. The van der Waals surface area contributed by atoms with Crippen LogP contribution >= 0.6 is 0 Å². The van der Waals surface area contributed by atoms with Crippen LogP contribution in [0, 0.1) is 0 Å². The van der Waals surface area contributed by atoms with Crippen LogP contribution in [-0.2, 0) is 25.6 Å². The first-order valence-corrected chi connectivity index (χ1v) is 12.3. The maximum atomic E-state index is 13.5. The number of likely N-dealkylation sites (tertiary alicyclic amines) is 1. The van der Waals surface area contributed by atoms with Gasteiger partial charge in [0.05, 0.1) is 6.10 Å². The van der Waals surface area contributed by atoms with E-state index in [4.69, 9.17) is 17.2 Å². The smallest absolute Gasteiger partial charge is 0.326 e. The van der Waals surface area contributed by atoms with Crippen LogP contribution < -0.4 is 27.8 Å². The van der Waals surface area contributed by atoms with Crippen molar-refractivity contribution in [2.75, 3.05) is 13.1 Å². The highest BCUT2D eigenvalue weighted by Crippen LogP contribution is 2.20. The van der Waals surface area contributed by atoms with E-state index in [2.05, 4.69) is 15.6 Å². The number of aliphatic hydroxyl groups excluding tert-OH is 1. The van der Waals surface area contributed by atoms with Gasteiger partial charge in [-0.1, -0.05) is 12.1 Å². The Morgan fingerprint density at radius 2 is 1.79 bits per heavy atom. The van der Waals surface area contributed by atoms with Gasteiger partial charge in [-0.05, 0) is 50.3 Å². The van der Waals surface area contributed by atoms with Crippen LogP contribution in [0.4, 0.5) is 0 Å². The number of nitrogens with two attached hydrogens (primary N) is 3. The van der Waals surface area contributed by atoms with Crippen molar-refractivity contribution in [3.8, 4) is 5.75 Å². The number of guanidine groups is 1. The van der Waals surface area contributed by atoms with Crippen LogP contribution in [0.1, 0.15) is 38.2 Å². The van der Waals surface area contributed by atoms with Gasteiger partial charge in [0.1, 0.15) is 29.9 Å². The van der Waals surface area contributed by atoms with E-state index in [-0.39, 0.29) is 37.6 Å². The molecule has 0 spiro atoms. The third-order valence-corrected chi connectivity index (χ3v) is 6.21.